The van der Waals surface area contributed by atoms with E-state index < -0.39 is 11.5 Å². The number of carboxylic acids is 1. The van der Waals surface area contributed by atoms with E-state index in [1.807, 2.05) is 0 Å². The molecular weight excluding hydrogens is 250 g/mol. The first kappa shape index (κ1) is 16.7. The van der Waals surface area contributed by atoms with Gasteiger partial charge in [0.1, 0.15) is 5.54 Å². The highest BCUT2D eigenvalue weighted by Gasteiger charge is 2.30. The maximum atomic E-state index is 11.1. The van der Waals surface area contributed by atoms with E-state index in [-0.39, 0.29) is 0 Å². The molecule has 112 valence electrons. The third kappa shape index (κ3) is 4.34. The second-order valence-corrected chi connectivity index (χ2v) is 6.10. The third-order valence-corrected chi connectivity index (χ3v) is 4.32. The van der Waals surface area contributed by atoms with Crippen LogP contribution in [-0.2, 0) is 11.2 Å². The van der Waals surface area contributed by atoms with Gasteiger partial charge in [0, 0.05) is 0 Å². The molecule has 20 heavy (non-hydrogen) atoms. The number of aliphatic carboxylic acids is 1. The zero-order chi connectivity index (χ0) is 15.3. The minimum atomic E-state index is -1.12. The lowest BCUT2D eigenvalue weighted by atomic mass is 9.84. The molecule has 3 N–H and O–H groups in total. The summed E-state index contributed by atoms with van der Waals surface area (Å²) in [5.74, 6) is -0.566. The van der Waals surface area contributed by atoms with Crippen LogP contribution in [0.5, 0.6) is 0 Å². The second kappa shape index (κ2) is 6.89. The van der Waals surface area contributed by atoms with Crippen LogP contribution < -0.4 is 5.73 Å². The van der Waals surface area contributed by atoms with Gasteiger partial charge in [-0.3, -0.25) is 4.79 Å². The molecule has 0 saturated heterocycles. The van der Waals surface area contributed by atoms with Gasteiger partial charge in [-0.05, 0) is 62.6 Å². The van der Waals surface area contributed by atoms with Crippen molar-refractivity contribution in [1.29, 1.82) is 0 Å². The van der Waals surface area contributed by atoms with Crippen LogP contribution >= 0.6 is 0 Å². The molecule has 0 spiro atoms. The van der Waals surface area contributed by atoms with E-state index in [0.717, 1.165) is 19.3 Å². The van der Waals surface area contributed by atoms with Crippen LogP contribution in [-0.4, -0.2) is 16.6 Å². The predicted octanol–water partition coefficient (Wildman–Crippen LogP) is 3.45. The number of benzene rings is 1. The van der Waals surface area contributed by atoms with Crippen molar-refractivity contribution in [3.05, 3.63) is 34.9 Å². The molecule has 2 unspecified atom stereocenters. The molecule has 0 heterocycles. The highest BCUT2D eigenvalue weighted by atomic mass is 16.4. The molecule has 1 rings (SSSR count). The Balaban J connectivity index is 2.66. The summed E-state index contributed by atoms with van der Waals surface area (Å²) >= 11 is 0. The monoisotopic (exact) mass is 277 g/mol. The first-order chi connectivity index (χ1) is 9.27. The molecule has 0 bridgehead atoms. The van der Waals surface area contributed by atoms with Crippen LogP contribution in [0.15, 0.2) is 18.2 Å². The molecule has 0 aliphatic carbocycles. The van der Waals surface area contributed by atoms with E-state index in [4.69, 9.17) is 10.8 Å². The summed E-state index contributed by atoms with van der Waals surface area (Å²) < 4.78 is 0. The molecule has 0 aliphatic heterocycles. The van der Waals surface area contributed by atoms with Crippen LogP contribution in [0.25, 0.3) is 0 Å². The molecule has 0 aliphatic rings. The normalized spacial score (nSPS) is 15.7. The number of carbonyl (C=O) groups is 1. The van der Waals surface area contributed by atoms with Crippen molar-refractivity contribution >= 4 is 5.97 Å². The summed E-state index contributed by atoms with van der Waals surface area (Å²) in [6, 6.07) is 6.37. The van der Waals surface area contributed by atoms with E-state index >= 15 is 0 Å². The fourth-order valence-corrected chi connectivity index (χ4v) is 2.58. The fraction of sp³-hybridized carbons (Fsp3) is 0.588. The SMILES string of the molecule is CCC(CCc1cccc(C)c1C)CC(C)(N)C(=O)O. The zero-order valence-electron chi connectivity index (χ0n) is 13.1. The number of nitrogens with two attached hydrogens (primary N) is 1. The van der Waals surface area contributed by atoms with Gasteiger partial charge in [-0.2, -0.15) is 0 Å². The van der Waals surface area contributed by atoms with Crippen molar-refractivity contribution in [3.8, 4) is 0 Å². The molecule has 0 saturated carbocycles. The lowest BCUT2D eigenvalue weighted by molar-refractivity contribution is -0.143. The van der Waals surface area contributed by atoms with Crippen LogP contribution in [0.3, 0.4) is 0 Å². The van der Waals surface area contributed by atoms with Gasteiger partial charge in [-0.25, -0.2) is 0 Å². The average molecular weight is 277 g/mol. The van der Waals surface area contributed by atoms with Crippen LogP contribution in [0.1, 0.15) is 49.8 Å². The highest BCUT2D eigenvalue weighted by Crippen LogP contribution is 2.24. The van der Waals surface area contributed by atoms with Gasteiger partial charge in [0.25, 0.3) is 0 Å². The summed E-state index contributed by atoms with van der Waals surface area (Å²) in [6.45, 7) is 7.98. The summed E-state index contributed by atoms with van der Waals surface area (Å²) in [4.78, 5) is 11.1. The van der Waals surface area contributed by atoms with E-state index in [1.165, 1.54) is 16.7 Å². The van der Waals surface area contributed by atoms with E-state index in [2.05, 4.69) is 39.0 Å². The number of aryl methyl sites for hydroxylation is 2. The first-order valence-corrected chi connectivity index (χ1v) is 7.35. The van der Waals surface area contributed by atoms with Crippen LogP contribution in [0, 0.1) is 19.8 Å². The Bertz CT molecular complexity index is 466. The predicted molar refractivity (Wildman–Crippen MR) is 82.9 cm³/mol. The van der Waals surface area contributed by atoms with Gasteiger partial charge in [0.2, 0.25) is 0 Å². The Morgan fingerprint density at radius 1 is 1.40 bits per heavy atom. The summed E-state index contributed by atoms with van der Waals surface area (Å²) in [5, 5.41) is 9.13. The molecule has 0 radical (unpaired) electrons. The van der Waals surface area contributed by atoms with Crippen molar-refractivity contribution in [2.24, 2.45) is 11.7 Å². The molecule has 1 aromatic carbocycles. The number of carboxylic acid groups (broad SMARTS) is 1. The van der Waals surface area contributed by atoms with Crippen molar-refractivity contribution in [2.75, 3.05) is 0 Å². The van der Waals surface area contributed by atoms with E-state index in [0.29, 0.717) is 12.3 Å². The zero-order valence-corrected chi connectivity index (χ0v) is 13.1. The smallest absolute Gasteiger partial charge is 0.323 e. The van der Waals surface area contributed by atoms with Crippen molar-refractivity contribution in [1.82, 2.24) is 0 Å². The van der Waals surface area contributed by atoms with E-state index in [9.17, 15) is 4.79 Å². The lowest BCUT2D eigenvalue weighted by Crippen LogP contribution is -2.46. The molecule has 3 nitrogen and oxygen atoms in total. The quantitative estimate of drug-likeness (QED) is 0.802. The average Bonchev–Trinajstić information content (AvgIpc) is 2.38. The van der Waals surface area contributed by atoms with Crippen molar-refractivity contribution in [3.63, 3.8) is 0 Å². The van der Waals surface area contributed by atoms with Gasteiger partial charge < -0.3 is 10.8 Å². The topological polar surface area (TPSA) is 63.3 Å². The Labute approximate surface area is 122 Å². The van der Waals surface area contributed by atoms with Gasteiger partial charge >= 0.3 is 5.97 Å². The molecule has 2 atom stereocenters. The van der Waals surface area contributed by atoms with E-state index in [1.54, 1.807) is 6.92 Å². The van der Waals surface area contributed by atoms with Crippen molar-refractivity contribution in [2.45, 2.75) is 58.9 Å². The van der Waals surface area contributed by atoms with Crippen molar-refractivity contribution < 1.29 is 9.90 Å². The summed E-state index contributed by atoms with van der Waals surface area (Å²) in [7, 11) is 0. The molecule has 0 fully saturated rings. The lowest BCUT2D eigenvalue weighted by Gasteiger charge is -2.25. The maximum absolute atomic E-state index is 11.1. The second-order valence-electron chi connectivity index (χ2n) is 6.10. The third-order valence-electron chi connectivity index (χ3n) is 4.32. The number of rotatable bonds is 7. The maximum Gasteiger partial charge on any atom is 0.323 e. The Hall–Kier alpha value is -1.35. The van der Waals surface area contributed by atoms with Gasteiger partial charge in [-0.1, -0.05) is 31.5 Å². The highest BCUT2D eigenvalue weighted by molar-refractivity contribution is 5.77. The number of hydrogen-bond donors (Lipinski definition) is 2. The molecular formula is C17H27NO2. The van der Waals surface area contributed by atoms with Gasteiger partial charge in [0.15, 0.2) is 0 Å². The summed E-state index contributed by atoms with van der Waals surface area (Å²) in [6.07, 6.45) is 3.47. The Morgan fingerprint density at radius 2 is 2.05 bits per heavy atom. The Morgan fingerprint density at radius 3 is 2.60 bits per heavy atom. The largest absolute Gasteiger partial charge is 0.480 e. The molecule has 1 aromatic rings. The minimum absolute atomic E-state index is 0.348. The minimum Gasteiger partial charge on any atom is -0.480 e. The summed E-state index contributed by atoms with van der Waals surface area (Å²) in [5.41, 5.74) is 8.75. The Kier molecular flexibility index (Phi) is 5.75. The fourth-order valence-electron chi connectivity index (χ4n) is 2.58. The number of hydrogen-bond acceptors (Lipinski definition) is 2. The van der Waals surface area contributed by atoms with Crippen LogP contribution in [0.2, 0.25) is 0 Å². The first-order valence-electron chi connectivity index (χ1n) is 7.35. The van der Waals surface area contributed by atoms with Gasteiger partial charge in [-0.15, -0.1) is 0 Å². The molecule has 3 heteroatoms. The molecule has 0 aromatic heterocycles. The molecule has 0 amide bonds. The van der Waals surface area contributed by atoms with Crippen LogP contribution in [0.4, 0.5) is 0 Å². The van der Waals surface area contributed by atoms with Gasteiger partial charge in [0.05, 0.1) is 0 Å². The standard InChI is InChI=1S/C17H27NO2/c1-5-14(11-17(4,18)16(19)20)9-10-15-8-6-7-12(2)13(15)3/h6-8,14H,5,9-11,18H2,1-4H3,(H,19,20).